The molecule has 0 bridgehead atoms. The molecule has 0 radical (unpaired) electrons. The van der Waals surface area contributed by atoms with Crippen LogP contribution in [-0.2, 0) is 4.79 Å². The van der Waals surface area contributed by atoms with Gasteiger partial charge in [0, 0.05) is 25.2 Å². The summed E-state index contributed by atoms with van der Waals surface area (Å²) in [4.78, 5) is 20.4. The molecular formula is C24H34N4O. The first-order chi connectivity index (χ1) is 14.3. The largest absolute Gasteiger partial charge is 0.353 e. The van der Waals surface area contributed by atoms with Gasteiger partial charge in [0.15, 0.2) is 0 Å². The van der Waals surface area contributed by atoms with Gasteiger partial charge in [-0.2, -0.15) is 0 Å². The van der Waals surface area contributed by atoms with E-state index in [1.807, 2.05) is 0 Å². The molecule has 1 saturated heterocycles. The van der Waals surface area contributed by atoms with Gasteiger partial charge in [0.05, 0.1) is 17.0 Å². The molecule has 3 aliphatic rings. The Kier molecular flexibility index (Phi) is 5.47. The average Bonchev–Trinajstić information content (AvgIpc) is 3.42. The molecule has 156 valence electrons. The highest BCUT2D eigenvalue weighted by Gasteiger charge is 2.31. The minimum Gasteiger partial charge on any atom is -0.353 e. The summed E-state index contributed by atoms with van der Waals surface area (Å²) in [7, 11) is 0. The molecule has 2 saturated carbocycles. The van der Waals surface area contributed by atoms with Crippen molar-refractivity contribution in [3.05, 3.63) is 24.3 Å². The molecule has 1 N–H and O–H groups in total. The van der Waals surface area contributed by atoms with Crippen molar-refractivity contribution in [1.82, 2.24) is 14.9 Å². The van der Waals surface area contributed by atoms with Crippen molar-refractivity contribution < 1.29 is 4.79 Å². The number of anilines is 1. The molecule has 2 aromatic rings. The zero-order chi connectivity index (χ0) is 19.6. The standard InChI is InChI=1S/C24H34N4O/c29-23(25-19-10-2-1-3-11-19)18-9-8-16-27(17-18)24-26-21-14-6-7-15-22(21)28(24)20-12-4-5-13-20/h6-7,14-15,18-20H,1-5,8-13,16-17H2,(H,25,29). The fourth-order valence-corrected chi connectivity index (χ4v) is 5.72. The van der Waals surface area contributed by atoms with Crippen molar-refractivity contribution in [3.8, 4) is 0 Å². The second-order valence-corrected chi connectivity index (χ2v) is 9.34. The minimum absolute atomic E-state index is 0.0857. The molecule has 5 nitrogen and oxygen atoms in total. The lowest BCUT2D eigenvalue weighted by Gasteiger charge is -2.35. The topological polar surface area (TPSA) is 50.2 Å². The number of aromatic nitrogens is 2. The van der Waals surface area contributed by atoms with Gasteiger partial charge in [0.2, 0.25) is 11.9 Å². The zero-order valence-electron chi connectivity index (χ0n) is 17.5. The number of hydrogen-bond acceptors (Lipinski definition) is 3. The fourth-order valence-electron chi connectivity index (χ4n) is 5.72. The van der Waals surface area contributed by atoms with Crippen LogP contribution in [0.25, 0.3) is 11.0 Å². The fraction of sp³-hybridized carbons (Fsp3) is 0.667. The maximum Gasteiger partial charge on any atom is 0.225 e. The van der Waals surface area contributed by atoms with E-state index in [0.29, 0.717) is 12.1 Å². The Labute approximate surface area is 173 Å². The van der Waals surface area contributed by atoms with Crippen molar-refractivity contribution >= 4 is 22.9 Å². The first-order valence-electron chi connectivity index (χ1n) is 11.8. The van der Waals surface area contributed by atoms with Crippen LogP contribution in [-0.4, -0.2) is 34.6 Å². The molecule has 5 rings (SSSR count). The van der Waals surface area contributed by atoms with Gasteiger partial charge in [-0.3, -0.25) is 4.79 Å². The smallest absolute Gasteiger partial charge is 0.225 e. The second-order valence-electron chi connectivity index (χ2n) is 9.34. The molecule has 1 aliphatic heterocycles. The number of benzene rings is 1. The summed E-state index contributed by atoms with van der Waals surface area (Å²) in [6, 6.07) is 9.48. The molecule has 1 unspecified atom stereocenters. The predicted octanol–water partition coefficient (Wildman–Crippen LogP) is 4.82. The molecule has 3 fully saturated rings. The van der Waals surface area contributed by atoms with E-state index in [0.717, 1.165) is 50.2 Å². The van der Waals surface area contributed by atoms with Crippen LogP contribution in [0.1, 0.15) is 76.7 Å². The SMILES string of the molecule is O=C(NC1CCCCC1)C1CCCN(c2nc3ccccc3n2C2CCCC2)C1. The van der Waals surface area contributed by atoms with Crippen LogP contribution in [0.2, 0.25) is 0 Å². The number of piperidine rings is 1. The number of rotatable bonds is 4. The van der Waals surface area contributed by atoms with E-state index in [2.05, 4.69) is 39.0 Å². The summed E-state index contributed by atoms with van der Waals surface area (Å²) in [5.41, 5.74) is 2.34. The lowest BCUT2D eigenvalue weighted by molar-refractivity contribution is -0.126. The minimum atomic E-state index is 0.0857. The van der Waals surface area contributed by atoms with E-state index in [-0.39, 0.29) is 11.8 Å². The molecule has 1 aromatic carbocycles. The van der Waals surface area contributed by atoms with Crippen LogP contribution in [0.4, 0.5) is 5.95 Å². The molecule has 2 aliphatic carbocycles. The van der Waals surface area contributed by atoms with Gasteiger partial charge in [0.25, 0.3) is 0 Å². The van der Waals surface area contributed by atoms with Crippen LogP contribution < -0.4 is 10.2 Å². The summed E-state index contributed by atoms with van der Waals surface area (Å²) in [5, 5.41) is 3.36. The molecule has 0 spiro atoms. The summed E-state index contributed by atoms with van der Waals surface area (Å²) < 4.78 is 2.49. The Balaban J connectivity index is 1.37. The van der Waals surface area contributed by atoms with Crippen LogP contribution in [0.3, 0.4) is 0 Å². The number of carbonyl (C=O) groups excluding carboxylic acids is 1. The van der Waals surface area contributed by atoms with Gasteiger partial charge in [-0.15, -0.1) is 0 Å². The molecule has 5 heteroatoms. The Morgan fingerprint density at radius 2 is 1.69 bits per heavy atom. The Morgan fingerprint density at radius 3 is 2.52 bits per heavy atom. The van der Waals surface area contributed by atoms with Gasteiger partial charge >= 0.3 is 0 Å². The lowest BCUT2D eigenvalue weighted by atomic mass is 9.93. The Bertz CT molecular complexity index is 848. The lowest BCUT2D eigenvalue weighted by Crippen LogP contribution is -2.47. The van der Waals surface area contributed by atoms with Crippen molar-refractivity contribution in [1.29, 1.82) is 0 Å². The number of para-hydroxylation sites is 2. The Hall–Kier alpha value is -2.04. The van der Waals surface area contributed by atoms with Crippen LogP contribution in [0.15, 0.2) is 24.3 Å². The maximum absolute atomic E-state index is 13.0. The summed E-state index contributed by atoms with van der Waals surface area (Å²) in [5.74, 6) is 1.45. The number of nitrogens with one attached hydrogen (secondary N) is 1. The van der Waals surface area contributed by atoms with Crippen molar-refractivity contribution in [2.24, 2.45) is 5.92 Å². The van der Waals surface area contributed by atoms with Gasteiger partial charge < -0.3 is 14.8 Å². The van der Waals surface area contributed by atoms with Crippen LogP contribution in [0.5, 0.6) is 0 Å². The van der Waals surface area contributed by atoms with E-state index >= 15 is 0 Å². The van der Waals surface area contributed by atoms with Gasteiger partial charge in [-0.05, 0) is 50.7 Å². The van der Waals surface area contributed by atoms with Crippen LogP contribution >= 0.6 is 0 Å². The number of amides is 1. The second kappa shape index (κ2) is 8.37. The molecule has 1 atom stereocenters. The summed E-state index contributed by atoms with van der Waals surface area (Å²) >= 11 is 0. The molecule has 1 amide bonds. The van der Waals surface area contributed by atoms with Gasteiger partial charge in [-0.1, -0.05) is 44.2 Å². The average molecular weight is 395 g/mol. The van der Waals surface area contributed by atoms with E-state index < -0.39 is 0 Å². The van der Waals surface area contributed by atoms with E-state index in [4.69, 9.17) is 4.98 Å². The first-order valence-corrected chi connectivity index (χ1v) is 11.8. The number of imidazole rings is 1. The van der Waals surface area contributed by atoms with E-state index in [1.165, 1.54) is 50.5 Å². The predicted molar refractivity (Wildman–Crippen MR) is 117 cm³/mol. The molecule has 29 heavy (non-hydrogen) atoms. The molecule has 1 aromatic heterocycles. The number of nitrogens with zero attached hydrogens (tertiary/aromatic N) is 3. The van der Waals surface area contributed by atoms with Gasteiger partial charge in [0.1, 0.15) is 0 Å². The Morgan fingerprint density at radius 1 is 0.931 bits per heavy atom. The quantitative estimate of drug-likeness (QED) is 0.809. The monoisotopic (exact) mass is 394 g/mol. The van der Waals surface area contributed by atoms with Crippen molar-refractivity contribution in [2.45, 2.75) is 82.7 Å². The van der Waals surface area contributed by atoms with Crippen molar-refractivity contribution in [2.75, 3.05) is 18.0 Å². The maximum atomic E-state index is 13.0. The third-order valence-corrected chi connectivity index (χ3v) is 7.29. The molecule has 2 heterocycles. The highest BCUT2D eigenvalue weighted by atomic mass is 16.2. The summed E-state index contributed by atoms with van der Waals surface area (Å²) in [6.45, 7) is 1.80. The molecular weight excluding hydrogens is 360 g/mol. The van der Waals surface area contributed by atoms with Crippen molar-refractivity contribution in [3.63, 3.8) is 0 Å². The third-order valence-electron chi connectivity index (χ3n) is 7.29. The number of carbonyl (C=O) groups is 1. The zero-order valence-corrected chi connectivity index (χ0v) is 17.5. The third kappa shape index (κ3) is 3.88. The van der Waals surface area contributed by atoms with E-state index in [1.54, 1.807) is 0 Å². The van der Waals surface area contributed by atoms with E-state index in [9.17, 15) is 4.79 Å². The van der Waals surface area contributed by atoms with Gasteiger partial charge in [-0.25, -0.2) is 4.98 Å². The number of hydrogen-bond donors (Lipinski definition) is 1. The normalized spacial score (nSPS) is 24.3. The highest BCUT2D eigenvalue weighted by molar-refractivity contribution is 5.81. The summed E-state index contributed by atoms with van der Waals surface area (Å²) in [6.07, 6.45) is 13.3. The highest BCUT2D eigenvalue weighted by Crippen LogP contribution is 2.37. The van der Waals surface area contributed by atoms with Crippen LogP contribution in [0, 0.1) is 5.92 Å². The first kappa shape index (κ1) is 19.0. The number of fused-ring (bicyclic) bond motifs is 1.